The van der Waals surface area contributed by atoms with E-state index in [4.69, 9.17) is 16.9 Å². The first-order valence-corrected chi connectivity index (χ1v) is 5.21. The van der Waals surface area contributed by atoms with Gasteiger partial charge in [0.25, 0.3) is 5.56 Å². The molecule has 4 heteroatoms. The lowest BCUT2D eigenvalue weighted by molar-refractivity contribution is 0.882. The summed E-state index contributed by atoms with van der Waals surface area (Å²) >= 11 is 5.79. The van der Waals surface area contributed by atoms with Gasteiger partial charge in [-0.05, 0) is 17.5 Å². The second-order valence-electron chi connectivity index (χ2n) is 3.51. The quantitative estimate of drug-likeness (QED) is 0.709. The van der Waals surface area contributed by atoms with Crippen LogP contribution in [0.15, 0.2) is 35.1 Å². The van der Waals surface area contributed by atoms with Crippen molar-refractivity contribution in [2.24, 2.45) is 7.05 Å². The summed E-state index contributed by atoms with van der Waals surface area (Å²) in [5, 5.41) is 8.75. The molecule has 0 aliphatic heterocycles. The number of nitrogens with zero attached hydrogens (tertiary/aromatic N) is 2. The summed E-state index contributed by atoms with van der Waals surface area (Å²) in [5.74, 6) is 0. The van der Waals surface area contributed by atoms with Crippen LogP contribution in [0, 0.1) is 11.3 Å². The van der Waals surface area contributed by atoms with Crippen LogP contribution in [-0.4, -0.2) is 4.57 Å². The Morgan fingerprint density at radius 1 is 1.44 bits per heavy atom. The first-order valence-electron chi connectivity index (χ1n) is 4.77. The average molecular weight is 233 g/mol. The smallest absolute Gasteiger partial charge is 0.256 e. The van der Waals surface area contributed by atoms with Crippen molar-refractivity contribution in [3.63, 3.8) is 0 Å². The highest BCUT2D eigenvalue weighted by Gasteiger charge is 2.13. The van der Waals surface area contributed by atoms with Gasteiger partial charge < -0.3 is 4.57 Å². The number of benzene rings is 1. The van der Waals surface area contributed by atoms with Crippen molar-refractivity contribution in [1.29, 1.82) is 5.26 Å². The van der Waals surface area contributed by atoms with Crippen LogP contribution in [0.3, 0.4) is 0 Å². The van der Waals surface area contributed by atoms with Crippen molar-refractivity contribution in [3.05, 3.63) is 46.2 Å². The highest BCUT2D eigenvalue weighted by molar-refractivity contribution is 6.22. The van der Waals surface area contributed by atoms with Crippen LogP contribution in [0.1, 0.15) is 10.9 Å². The summed E-state index contributed by atoms with van der Waals surface area (Å²) in [7, 11) is 1.68. The van der Waals surface area contributed by atoms with E-state index < -0.39 is 5.38 Å². The fourth-order valence-corrected chi connectivity index (χ4v) is 1.85. The maximum absolute atomic E-state index is 11.9. The van der Waals surface area contributed by atoms with Crippen LogP contribution in [-0.2, 0) is 7.05 Å². The van der Waals surface area contributed by atoms with Crippen LogP contribution < -0.4 is 5.56 Å². The number of aryl methyl sites for hydroxylation is 1. The van der Waals surface area contributed by atoms with E-state index in [2.05, 4.69) is 0 Å². The molecule has 0 saturated heterocycles. The van der Waals surface area contributed by atoms with E-state index in [1.54, 1.807) is 13.1 Å². The van der Waals surface area contributed by atoms with Crippen molar-refractivity contribution in [2.45, 2.75) is 5.38 Å². The number of fused-ring (bicyclic) bond motifs is 1. The molecule has 0 saturated carbocycles. The van der Waals surface area contributed by atoms with Crippen LogP contribution in [0.5, 0.6) is 0 Å². The molecule has 1 atom stereocenters. The number of nitriles is 1. The lowest BCUT2D eigenvalue weighted by Crippen LogP contribution is -2.21. The molecule has 2 rings (SSSR count). The Bertz CT molecular complexity index is 639. The molecule has 0 N–H and O–H groups in total. The molecule has 0 fully saturated rings. The monoisotopic (exact) mass is 232 g/mol. The van der Waals surface area contributed by atoms with Gasteiger partial charge >= 0.3 is 0 Å². The maximum Gasteiger partial charge on any atom is 0.256 e. The van der Waals surface area contributed by atoms with E-state index in [-0.39, 0.29) is 5.56 Å². The summed E-state index contributed by atoms with van der Waals surface area (Å²) < 4.78 is 1.51. The largest absolute Gasteiger partial charge is 0.311 e. The van der Waals surface area contributed by atoms with Gasteiger partial charge in [-0.15, -0.1) is 11.6 Å². The summed E-state index contributed by atoms with van der Waals surface area (Å²) in [6, 6.07) is 11.0. The van der Waals surface area contributed by atoms with Gasteiger partial charge in [0.05, 0.1) is 17.1 Å². The van der Waals surface area contributed by atoms with Gasteiger partial charge in [-0.2, -0.15) is 5.26 Å². The van der Waals surface area contributed by atoms with Crippen molar-refractivity contribution >= 4 is 22.5 Å². The third-order valence-corrected chi connectivity index (χ3v) is 2.88. The molecule has 0 spiro atoms. The van der Waals surface area contributed by atoms with Gasteiger partial charge in [-0.25, -0.2) is 0 Å². The Morgan fingerprint density at radius 3 is 2.81 bits per heavy atom. The lowest BCUT2D eigenvalue weighted by Gasteiger charge is -2.08. The minimum absolute atomic E-state index is 0.222. The molecular formula is C12H9ClN2O. The van der Waals surface area contributed by atoms with E-state index in [0.29, 0.717) is 5.56 Å². The Kier molecular flexibility index (Phi) is 2.67. The molecule has 0 amide bonds. The number of hydrogen-bond donors (Lipinski definition) is 0. The molecule has 1 heterocycles. The van der Waals surface area contributed by atoms with Gasteiger partial charge in [0.15, 0.2) is 5.38 Å². The van der Waals surface area contributed by atoms with E-state index in [1.807, 2.05) is 30.3 Å². The van der Waals surface area contributed by atoms with Gasteiger partial charge in [0, 0.05) is 7.05 Å². The second-order valence-corrected chi connectivity index (χ2v) is 3.95. The number of halogens is 1. The van der Waals surface area contributed by atoms with Crippen LogP contribution in [0.2, 0.25) is 0 Å². The Morgan fingerprint density at radius 2 is 2.12 bits per heavy atom. The number of alkyl halides is 1. The third kappa shape index (κ3) is 1.58. The predicted molar refractivity (Wildman–Crippen MR) is 63.4 cm³/mol. The standard InChI is InChI=1S/C12H9ClN2O/c1-15-11-5-3-2-4-8(11)6-9(12(15)16)10(13)7-14/h2-6,10H,1H3. The van der Waals surface area contributed by atoms with Crippen molar-refractivity contribution in [2.75, 3.05) is 0 Å². The van der Waals surface area contributed by atoms with Gasteiger partial charge in [-0.3, -0.25) is 4.79 Å². The number of hydrogen-bond acceptors (Lipinski definition) is 2. The molecule has 0 radical (unpaired) electrons. The molecule has 0 bridgehead atoms. The zero-order valence-electron chi connectivity index (χ0n) is 8.64. The zero-order valence-corrected chi connectivity index (χ0v) is 9.40. The first-order chi connectivity index (χ1) is 7.65. The van der Waals surface area contributed by atoms with Crippen molar-refractivity contribution in [1.82, 2.24) is 4.57 Å². The van der Waals surface area contributed by atoms with Crippen molar-refractivity contribution < 1.29 is 0 Å². The van der Waals surface area contributed by atoms with Crippen LogP contribution in [0.4, 0.5) is 0 Å². The average Bonchev–Trinajstić information content (AvgIpc) is 2.33. The molecule has 0 aliphatic carbocycles. The SMILES string of the molecule is Cn1c(=O)c(C(Cl)C#N)cc2ccccc21. The fourth-order valence-electron chi connectivity index (χ4n) is 1.70. The Balaban J connectivity index is 2.85. The Labute approximate surface area is 97.5 Å². The summed E-state index contributed by atoms with van der Waals surface area (Å²) in [5.41, 5.74) is 0.934. The molecule has 1 aromatic heterocycles. The topological polar surface area (TPSA) is 45.8 Å². The normalized spacial score (nSPS) is 12.3. The van der Waals surface area contributed by atoms with Gasteiger partial charge in [-0.1, -0.05) is 18.2 Å². The number of pyridine rings is 1. The van der Waals surface area contributed by atoms with Gasteiger partial charge in [0.2, 0.25) is 0 Å². The number of para-hydroxylation sites is 1. The summed E-state index contributed by atoms with van der Waals surface area (Å²) in [6.45, 7) is 0. The van der Waals surface area contributed by atoms with Crippen LogP contribution in [0.25, 0.3) is 10.9 Å². The van der Waals surface area contributed by atoms with Gasteiger partial charge in [0.1, 0.15) is 0 Å². The maximum atomic E-state index is 11.9. The summed E-state index contributed by atoms with van der Waals surface area (Å²) in [6.07, 6.45) is 0. The second kappa shape index (κ2) is 3.99. The Hall–Kier alpha value is -1.79. The molecule has 80 valence electrons. The molecule has 3 nitrogen and oxygen atoms in total. The predicted octanol–water partition coefficient (Wildman–Crippen LogP) is 2.34. The van der Waals surface area contributed by atoms with E-state index in [1.165, 1.54) is 4.57 Å². The number of aromatic nitrogens is 1. The number of rotatable bonds is 1. The van der Waals surface area contributed by atoms with Crippen molar-refractivity contribution in [3.8, 4) is 6.07 Å². The van der Waals surface area contributed by atoms with E-state index in [0.717, 1.165) is 10.9 Å². The lowest BCUT2D eigenvalue weighted by atomic mass is 10.1. The van der Waals surface area contributed by atoms with E-state index in [9.17, 15) is 4.79 Å². The molecular weight excluding hydrogens is 224 g/mol. The summed E-state index contributed by atoms with van der Waals surface area (Å²) in [4.78, 5) is 11.9. The first kappa shape index (κ1) is 10.7. The molecule has 16 heavy (non-hydrogen) atoms. The fraction of sp³-hybridized carbons (Fsp3) is 0.167. The molecule has 2 aromatic rings. The van der Waals surface area contributed by atoms with Crippen LogP contribution >= 0.6 is 11.6 Å². The third-order valence-electron chi connectivity index (χ3n) is 2.55. The minimum atomic E-state index is -0.900. The molecule has 0 aliphatic rings. The van der Waals surface area contributed by atoms with E-state index >= 15 is 0 Å². The highest BCUT2D eigenvalue weighted by Crippen LogP contribution is 2.20. The minimum Gasteiger partial charge on any atom is -0.311 e. The highest BCUT2D eigenvalue weighted by atomic mass is 35.5. The molecule has 1 aromatic carbocycles. The zero-order chi connectivity index (χ0) is 11.7. The molecule has 1 unspecified atom stereocenters.